The van der Waals surface area contributed by atoms with Crippen molar-refractivity contribution in [2.75, 3.05) is 0 Å². The average molecular weight is 98.1 g/mol. The van der Waals surface area contributed by atoms with E-state index in [1.165, 1.54) is 6.08 Å². The van der Waals surface area contributed by atoms with Gasteiger partial charge in [-0.15, -0.1) is 0 Å². The molecule has 0 aromatic carbocycles. The molecule has 3 heteroatoms. The Morgan fingerprint density at radius 3 is 2.43 bits per heavy atom. The van der Waals surface area contributed by atoms with Crippen molar-refractivity contribution in [3.05, 3.63) is 12.2 Å². The zero-order valence-electron chi connectivity index (χ0n) is 3.72. The molecule has 3 nitrogen and oxygen atoms in total. The summed E-state index contributed by atoms with van der Waals surface area (Å²) in [7, 11) is 0. The fraction of sp³-hybridized carbons (Fsp3) is 0. The predicted molar refractivity (Wildman–Crippen MR) is 27.1 cm³/mol. The summed E-state index contributed by atoms with van der Waals surface area (Å²) < 4.78 is 0. The molecular formula is C4H6N2O. The van der Waals surface area contributed by atoms with Crippen LogP contribution in [-0.2, 0) is 4.79 Å². The van der Waals surface area contributed by atoms with Gasteiger partial charge < -0.3 is 11.1 Å². The first-order valence-corrected chi connectivity index (χ1v) is 1.74. The molecular weight excluding hydrogens is 92.1 g/mol. The van der Waals surface area contributed by atoms with E-state index in [4.69, 9.17) is 5.41 Å². The van der Waals surface area contributed by atoms with E-state index >= 15 is 0 Å². The maximum Gasteiger partial charge on any atom is 0.241 e. The number of carbonyl (C=O) groups is 1. The zero-order valence-corrected chi connectivity index (χ0v) is 3.72. The summed E-state index contributed by atoms with van der Waals surface area (Å²) in [6.07, 6.45) is 3.38. The minimum Gasteiger partial charge on any atom is -0.366 e. The largest absolute Gasteiger partial charge is 0.366 e. The molecule has 0 heterocycles. The number of allylic oxidation sites excluding steroid dienone is 1. The monoisotopic (exact) mass is 98.0 g/mol. The number of amides is 1. The van der Waals surface area contributed by atoms with Gasteiger partial charge in [-0.3, -0.25) is 4.79 Å². The van der Waals surface area contributed by atoms with Crippen molar-refractivity contribution in [1.82, 2.24) is 0 Å². The van der Waals surface area contributed by atoms with Crippen molar-refractivity contribution in [3.63, 3.8) is 0 Å². The standard InChI is InChI=1S/C4H6N2O/c5-3-1-2-4(6)7/h1-3,5H,(H2,6,7)/b2-1-,5-3?. The van der Waals surface area contributed by atoms with Gasteiger partial charge in [0.05, 0.1) is 0 Å². The Labute approximate surface area is 41.3 Å². The van der Waals surface area contributed by atoms with Gasteiger partial charge in [-0.2, -0.15) is 0 Å². The average Bonchev–Trinajstić information content (AvgIpc) is 1.61. The van der Waals surface area contributed by atoms with Gasteiger partial charge in [-0.05, 0) is 6.08 Å². The Morgan fingerprint density at radius 1 is 1.71 bits per heavy atom. The first-order valence-electron chi connectivity index (χ1n) is 1.74. The lowest BCUT2D eigenvalue weighted by molar-refractivity contribution is -0.113. The van der Waals surface area contributed by atoms with Crippen LogP contribution in [0.2, 0.25) is 0 Å². The molecule has 0 saturated heterocycles. The molecule has 0 atom stereocenters. The molecule has 7 heavy (non-hydrogen) atoms. The minimum atomic E-state index is -0.525. The van der Waals surface area contributed by atoms with Crippen molar-refractivity contribution in [2.45, 2.75) is 0 Å². The van der Waals surface area contributed by atoms with Crippen molar-refractivity contribution in [1.29, 1.82) is 5.41 Å². The molecule has 0 aliphatic heterocycles. The second-order valence-electron chi connectivity index (χ2n) is 0.928. The molecule has 38 valence electrons. The van der Waals surface area contributed by atoms with Crippen LogP contribution in [0.4, 0.5) is 0 Å². The van der Waals surface area contributed by atoms with Crippen LogP contribution < -0.4 is 5.73 Å². The normalized spacial score (nSPS) is 9.14. The second-order valence-corrected chi connectivity index (χ2v) is 0.928. The van der Waals surface area contributed by atoms with Crippen molar-refractivity contribution < 1.29 is 4.79 Å². The number of hydrogen-bond donors (Lipinski definition) is 2. The molecule has 0 fully saturated rings. The Balaban J connectivity index is 3.46. The summed E-state index contributed by atoms with van der Waals surface area (Å²) in [5.74, 6) is -0.525. The fourth-order valence-electron chi connectivity index (χ4n) is 0.143. The third-order valence-corrected chi connectivity index (χ3v) is 0.357. The predicted octanol–water partition coefficient (Wildman–Crippen LogP) is -0.323. The molecule has 0 aromatic rings. The molecule has 0 spiro atoms. The van der Waals surface area contributed by atoms with Gasteiger partial charge in [0.15, 0.2) is 0 Å². The van der Waals surface area contributed by atoms with Crippen molar-refractivity contribution in [3.8, 4) is 0 Å². The van der Waals surface area contributed by atoms with Gasteiger partial charge in [0.1, 0.15) is 0 Å². The SMILES string of the molecule is N=C/C=C\C(N)=O. The van der Waals surface area contributed by atoms with Crippen LogP contribution in [0.3, 0.4) is 0 Å². The lowest BCUT2D eigenvalue weighted by Crippen LogP contribution is -2.05. The zero-order chi connectivity index (χ0) is 5.70. The van der Waals surface area contributed by atoms with E-state index in [9.17, 15) is 4.79 Å². The van der Waals surface area contributed by atoms with Crippen LogP contribution in [0.15, 0.2) is 12.2 Å². The molecule has 3 N–H and O–H groups in total. The molecule has 0 rings (SSSR count). The lowest BCUT2D eigenvalue weighted by atomic mass is 10.5. The van der Waals surface area contributed by atoms with Gasteiger partial charge in [-0.25, -0.2) is 0 Å². The molecule has 0 aliphatic rings. The third kappa shape index (κ3) is 4.88. The van der Waals surface area contributed by atoms with E-state index in [2.05, 4.69) is 5.73 Å². The third-order valence-electron chi connectivity index (χ3n) is 0.357. The van der Waals surface area contributed by atoms with Crippen LogP contribution in [0.5, 0.6) is 0 Å². The van der Waals surface area contributed by atoms with Gasteiger partial charge in [0.2, 0.25) is 5.91 Å². The summed E-state index contributed by atoms with van der Waals surface area (Å²) in [6, 6.07) is 0. The van der Waals surface area contributed by atoms with E-state index < -0.39 is 5.91 Å². The maximum absolute atomic E-state index is 9.79. The summed E-state index contributed by atoms with van der Waals surface area (Å²) in [5.41, 5.74) is 4.65. The highest BCUT2D eigenvalue weighted by molar-refractivity contribution is 5.89. The number of rotatable bonds is 2. The molecule has 0 bridgehead atoms. The van der Waals surface area contributed by atoms with Gasteiger partial charge >= 0.3 is 0 Å². The smallest absolute Gasteiger partial charge is 0.241 e. The molecule has 0 aromatic heterocycles. The first-order chi connectivity index (χ1) is 3.27. The quantitative estimate of drug-likeness (QED) is 0.360. The van der Waals surface area contributed by atoms with Crippen molar-refractivity contribution >= 4 is 12.1 Å². The Kier molecular flexibility index (Phi) is 2.59. The number of nitrogens with two attached hydrogens (primary N) is 1. The van der Waals surface area contributed by atoms with Crippen LogP contribution in [-0.4, -0.2) is 12.1 Å². The number of hydrogen-bond acceptors (Lipinski definition) is 2. The molecule has 0 aliphatic carbocycles. The maximum atomic E-state index is 9.79. The molecule has 1 amide bonds. The fourth-order valence-corrected chi connectivity index (χ4v) is 0.143. The van der Waals surface area contributed by atoms with Crippen LogP contribution >= 0.6 is 0 Å². The number of primary amides is 1. The number of carbonyl (C=O) groups excluding carboxylic acids is 1. The van der Waals surface area contributed by atoms with Crippen LogP contribution in [0, 0.1) is 5.41 Å². The lowest BCUT2D eigenvalue weighted by Gasteiger charge is -1.70. The van der Waals surface area contributed by atoms with Crippen LogP contribution in [0.25, 0.3) is 0 Å². The van der Waals surface area contributed by atoms with E-state index in [1.807, 2.05) is 0 Å². The molecule has 0 radical (unpaired) electrons. The topological polar surface area (TPSA) is 66.9 Å². The highest BCUT2D eigenvalue weighted by Crippen LogP contribution is 1.60. The second kappa shape index (κ2) is 3.08. The summed E-state index contributed by atoms with van der Waals surface area (Å²) in [6.45, 7) is 0. The Bertz CT molecular complexity index is 106. The summed E-state index contributed by atoms with van der Waals surface area (Å²) in [4.78, 5) is 9.79. The Morgan fingerprint density at radius 2 is 2.29 bits per heavy atom. The molecule has 0 unspecified atom stereocenters. The Hall–Kier alpha value is -1.12. The van der Waals surface area contributed by atoms with Crippen LogP contribution in [0.1, 0.15) is 0 Å². The van der Waals surface area contributed by atoms with Gasteiger partial charge in [-0.1, -0.05) is 0 Å². The highest BCUT2D eigenvalue weighted by atomic mass is 16.1. The highest BCUT2D eigenvalue weighted by Gasteiger charge is 1.74. The summed E-state index contributed by atoms with van der Waals surface area (Å²) >= 11 is 0. The van der Waals surface area contributed by atoms with Gasteiger partial charge in [0.25, 0.3) is 0 Å². The van der Waals surface area contributed by atoms with Crippen molar-refractivity contribution in [2.24, 2.45) is 5.73 Å². The number of nitrogens with one attached hydrogen (secondary N) is 1. The summed E-state index contributed by atoms with van der Waals surface area (Å²) in [5, 5.41) is 6.38. The van der Waals surface area contributed by atoms with E-state index in [-0.39, 0.29) is 0 Å². The van der Waals surface area contributed by atoms with E-state index in [0.29, 0.717) is 0 Å². The van der Waals surface area contributed by atoms with Gasteiger partial charge in [0, 0.05) is 12.3 Å². The van der Waals surface area contributed by atoms with E-state index in [0.717, 1.165) is 12.3 Å². The molecule has 0 saturated carbocycles. The van der Waals surface area contributed by atoms with E-state index in [1.54, 1.807) is 0 Å². The first kappa shape index (κ1) is 5.88. The minimum absolute atomic E-state index is 0.525.